The Kier molecular flexibility index (Phi) is 5.23. The lowest BCUT2D eigenvalue weighted by atomic mass is 10.3. The SMILES string of the molecule is COCCONC(=O)c1ncccc1Br. The molecule has 82 valence electrons. The Morgan fingerprint density at radius 2 is 2.40 bits per heavy atom. The number of hydroxylamine groups is 1. The van der Waals surface area contributed by atoms with Crippen LogP contribution in [0.5, 0.6) is 0 Å². The summed E-state index contributed by atoms with van der Waals surface area (Å²) in [5.41, 5.74) is 2.55. The summed E-state index contributed by atoms with van der Waals surface area (Å²) in [6.07, 6.45) is 1.54. The molecule has 0 atom stereocenters. The monoisotopic (exact) mass is 274 g/mol. The lowest BCUT2D eigenvalue weighted by Crippen LogP contribution is -2.26. The molecule has 15 heavy (non-hydrogen) atoms. The Hall–Kier alpha value is -0.980. The molecule has 0 spiro atoms. The highest BCUT2D eigenvalue weighted by Crippen LogP contribution is 2.12. The van der Waals surface area contributed by atoms with E-state index >= 15 is 0 Å². The summed E-state index contributed by atoms with van der Waals surface area (Å²) < 4.78 is 5.37. The molecule has 0 aliphatic rings. The van der Waals surface area contributed by atoms with Crippen LogP contribution < -0.4 is 5.48 Å². The Morgan fingerprint density at radius 1 is 1.60 bits per heavy atom. The number of hydrogen-bond acceptors (Lipinski definition) is 4. The standard InChI is InChI=1S/C9H11BrN2O3/c1-14-5-6-15-12-9(13)8-7(10)3-2-4-11-8/h2-4H,5-6H2,1H3,(H,12,13). The minimum absolute atomic E-state index is 0.287. The van der Waals surface area contributed by atoms with Crippen LogP contribution >= 0.6 is 15.9 Å². The maximum absolute atomic E-state index is 11.5. The van der Waals surface area contributed by atoms with Gasteiger partial charge in [0.1, 0.15) is 5.69 Å². The minimum Gasteiger partial charge on any atom is -0.382 e. The van der Waals surface area contributed by atoms with Crippen LogP contribution in [0.2, 0.25) is 0 Å². The summed E-state index contributed by atoms with van der Waals surface area (Å²) in [4.78, 5) is 20.2. The summed E-state index contributed by atoms with van der Waals surface area (Å²) in [5, 5.41) is 0. The summed E-state index contributed by atoms with van der Waals surface area (Å²) >= 11 is 3.22. The summed E-state index contributed by atoms with van der Waals surface area (Å²) in [7, 11) is 1.56. The number of methoxy groups -OCH3 is 1. The van der Waals surface area contributed by atoms with E-state index < -0.39 is 5.91 Å². The van der Waals surface area contributed by atoms with Crippen molar-refractivity contribution in [3.63, 3.8) is 0 Å². The number of carbonyl (C=O) groups is 1. The lowest BCUT2D eigenvalue weighted by Gasteiger charge is -2.05. The summed E-state index contributed by atoms with van der Waals surface area (Å²) in [5.74, 6) is -0.390. The average Bonchev–Trinajstić information content (AvgIpc) is 2.25. The van der Waals surface area contributed by atoms with Crippen LogP contribution in [-0.2, 0) is 9.57 Å². The van der Waals surface area contributed by atoms with E-state index in [1.165, 1.54) is 6.20 Å². The van der Waals surface area contributed by atoms with Gasteiger partial charge in [-0.3, -0.25) is 9.63 Å². The second-order valence-electron chi connectivity index (χ2n) is 2.61. The number of halogens is 1. The van der Waals surface area contributed by atoms with Crippen LogP contribution in [-0.4, -0.2) is 31.2 Å². The molecule has 0 aliphatic heterocycles. The molecule has 0 fully saturated rings. The Labute approximate surface area is 95.9 Å². The van der Waals surface area contributed by atoms with Crippen LogP contribution in [0.4, 0.5) is 0 Å². The van der Waals surface area contributed by atoms with Gasteiger partial charge in [0.25, 0.3) is 5.91 Å². The van der Waals surface area contributed by atoms with Gasteiger partial charge in [0.05, 0.1) is 13.2 Å². The number of aromatic nitrogens is 1. The number of hydrogen-bond donors (Lipinski definition) is 1. The fourth-order valence-electron chi connectivity index (χ4n) is 0.843. The molecule has 5 nitrogen and oxygen atoms in total. The van der Waals surface area contributed by atoms with Crippen LogP contribution in [0, 0.1) is 0 Å². The van der Waals surface area contributed by atoms with Crippen LogP contribution in [0.3, 0.4) is 0 Å². The molecule has 1 aromatic rings. The molecule has 1 amide bonds. The molecule has 0 radical (unpaired) electrons. The number of carbonyl (C=O) groups excluding carboxylic acids is 1. The van der Waals surface area contributed by atoms with Crippen molar-refractivity contribution >= 4 is 21.8 Å². The largest absolute Gasteiger partial charge is 0.382 e. The van der Waals surface area contributed by atoms with Crippen molar-refractivity contribution in [2.45, 2.75) is 0 Å². The van der Waals surface area contributed by atoms with Gasteiger partial charge in [-0.1, -0.05) is 0 Å². The molecule has 0 aromatic carbocycles. The van der Waals surface area contributed by atoms with E-state index in [1.54, 1.807) is 19.2 Å². The number of amides is 1. The molecule has 1 heterocycles. The van der Waals surface area contributed by atoms with Gasteiger partial charge in [-0.15, -0.1) is 0 Å². The fourth-order valence-corrected chi connectivity index (χ4v) is 1.28. The summed E-state index contributed by atoms with van der Waals surface area (Å²) in [6, 6.07) is 3.46. The maximum Gasteiger partial charge on any atom is 0.294 e. The average molecular weight is 275 g/mol. The van der Waals surface area contributed by atoms with E-state index in [0.717, 1.165) is 0 Å². The van der Waals surface area contributed by atoms with E-state index in [-0.39, 0.29) is 5.69 Å². The second kappa shape index (κ2) is 6.49. The molecular formula is C9H11BrN2O3. The zero-order valence-electron chi connectivity index (χ0n) is 8.20. The van der Waals surface area contributed by atoms with Crippen molar-refractivity contribution in [2.75, 3.05) is 20.3 Å². The number of pyridine rings is 1. The van der Waals surface area contributed by atoms with E-state index in [1.807, 2.05) is 0 Å². The van der Waals surface area contributed by atoms with Crippen molar-refractivity contribution in [3.05, 3.63) is 28.5 Å². The van der Waals surface area contributed by atoms with Crippen molar-refractivity contribution in [1.82, 2.24) is 10.5 Å². The van der Waals surface area contributed by atoms with E-state index in [4.69, 9.17) is 9.57 Å². The molecule has 0 unspecified atom stereocenters. The third kappa shape index (κ3) is 3.94. The van der Waals surface area contributed by atoms with Crippen molar-refractivity contribution in [2.24, 2.45) is 0 Å². The Bertz CT molecular complexity index is 333. The molecule has 1 aromatic heterocycles. The van der Waals surface area contributed by atoms with Crippen molar-refractivity contribution < 1.29 is 14.4 Å². The third-order valence-corrected chi connectivity index (χ3v) is 2.17. The topological polar surface area (TPSA) is 60.5 Å². The molecule has 0 saturated heterocycles. The fraction of sp³-hybridized carbons (Fsp3) is 0.333. The van der Waals surface area contributed by atoms with Gasteiger partial charge in [-0.25, -0.2) is 10.5 Å². The number of nitrogens with one attached hydrogen (secondary N) is 1. The normalized spacial score (nSPS) is 10.0. The minimum atomic E-state index is -0.390. The number of rotatable bonds is 5. The zero-order chi connectivity index (χ0) is 11.1. The Balaban J connectivity index is 2.44. The zero-order valence-corrected chi connectivity index (χ0v) is 9.78. The predicted molar refractivity (Wildman–Crippen MR) is 57.2 cm³/mol. The molecule has 0 aliphatic carbocycles. The third-order valence-electron chi connectivity index (χ3n) is 1.53. The van der Waals surface area contributed by atoms with Crippen LogP contribution in [0.15, 0.2) is 22.8 Å². The first-order valence-electron chi connectivity index (χ1n) is 4.27. The van der Waals surface area contributed by atoms with Gasteiger partial charge in [0, 0.05) is 17.8 Å². The number of ether oxygens (including phenoxy) is 1. The Morgan fingerprint density at radius 3 is 3.07 bits per heavy atom. The number of nitrogens with zero attached hydrogens (tertiary/aromatic N) is 1. The maximum atomic E-state index is 11.5. The van der Waals surface area contributed by atoms with Gasteiger partial charge in [0.15, 0.2) is 0 Å². The van der Waals surface area contributed by atoms with Gasteiger partial charge < -0.3 is 4.74 Å². The highest BCUT2D eigenvalue weighted by molar-refractivity contribution is 9.10. The van der Waals surface area contributed by atoms with Gasteiger partial charge in [0.2, 0.25) is 0 Å². The first kappa shape index (κ1) is 12.1. The van der Waals surface area contributed by atoms with Crippen LogP contribution in [0.1, 0.15) is 10.5 Å². The van der Waals surface area contributed by atoms with E-state index in [2.05, 4.69) is 26.4 Å². The molecule has 1 rings (SSSR count). The molecule has 0 bridgehead atoms. The van der Waals surface area contributed by atoms with E-state index in [9.17, 15) is 4.79 Å². The molecular weight excluding hydrogens is 264 g/mol. The second-order valence-corrected chi connectivity index (χ2v) is 3.46. The first-order valence-corrected chi connectivity index (χ1v) is 5.06. The van der Waals surface area contributed by atoms with Crippen molar-refractivity contribution in [1.29, 1.82) is 0 Å². The molecule has 1 N–H and O–H groups in total. The predicted octanol–water partition coefficient (Wildman–Crippen LogP) is 1.15. The smallest absolute Gasteiger partial charge is 0.294 e. The van der Waals surface area contributed by atoms with Crippen molar-refractivity contribution in [3.8, 4) is 0 Å². The first-order chi connectivity index (χ1) is 7.25. The van der Waals surface area contributed by atoms with E-state index in [0.29, 0.717) is 17.7 Å². The highest BCUT2D eigenvalue weighted by atomic mass is 79.9. The van der Waals surface area contributed by atoms with Gasteiger partial charge in [-0.05, 0) is 28.1 Å². The molecule has 6 heteroatoms. The highest BCUT2D eigenvalue weighted by Gasteiger charge is 2.10. The quantitative estimate of drug-likeness (QED) is 0.647. The lowest BCUT2D eigenvalue weighted by molar-refractivity contribution is 0.00852. The van der Waals surface area contributed by atoms with Crippen LogP contribution in [0.25, 0.3) is 0 Å². The summed E-state index contributed by atoms with van der Waals surface area (Å²) in [6.45, 7) is 0.719. The van der Waals surface area contributed by atoms with Gasteiger partial charge in [-0.2, -0.15) is 0 Å². The molecule has 0 saturated carbocycles. The van der Waals surface area contributed by atoms with Gasteiger partial charge >= 0.3 is 0 Å².